The zero-order valence-corrected chi connectivity index (χ0v) is 14.7. The standard InChI is InChI=1S/C18H20ClNO5/c1-11-10-12(19)6-7-13(11)20-15(21)14-16(22)24-18(25-17(14)23)8-4-2-3-5-9-18/h6-7,10,22H,2-5,8-9H2,1H3,(H,20,21). The van der Waals surface area contributed by atoms with E-state index in [1.54, 1.807) is 25.1 Å². The Morgan fingerprint density at radius 2 is 1.88 bits per heavy atom. The number of benzene rings is 1. The monoisotopic (exact) mass is 365 g/mol. The Morgan fingerprint density at radius 1 is 1.20 bits per heavy atom. The average Bonchev–Trinajstić information content (AvgIpc) is 2.74. The maximum atomic E-state index is 12.4. The number of hydrogen-bond donors (Lipinski definition) is 2. The molecule has 1 heterocycles. The molecule has 0 saturated heterocycles. The molecule has 2 N–H and O–H groups in total. The van der Waals surface area contributed by atoms with E-state index < -0.39 is 29.2 Å². The first-order valence-corrected chi connectivity index (χ1v) is 8.71. The fourth-order valence-corrected chi connectivity index (χ4v) is 3.40. The number of ether oxygens (including phenoxy) is 2. The van der Waals surface area contributed by atoms with Crippen LogP contribution >= 0.6 is 11.6 Å². The minimum Gasteiger partial charge on any atom is -0.480 e. The van der Waals surface area contributed by atoms with Gasteiger partial charge >= 0.3 is 11.9 Å². The molecule has 1 saturated carbocycles. The lowest BCUT2D eigenvalue weighted by Gasteiger charge is -2.35. The molecular weight excluding hydrogens is 346 g/mol. The number of aliphatic hydroxyl groups is 1. The molecule has 1 aromatic carbocycles. The number of nitrogens with one attached hydrogen (secondary N) is 1. The lowest BCUT2D eigenvalue weighted by atomic mass is 10.1. The quantitative estimate of drug-likeness (QED) is 0.611. The van der Waals surface area contributed by atoms with Gasteiger partial charge in [0.1, 0.15) is 0 Å². The van der Waals surface area contributed by atoms with Crippen molar-refractivity contribution in [2.24, 2.45) is 0 Å². The molecule has 1 aliphatic heterocycles. The second kappa shape index (κ2) is 6.96. The Kier molecular flexibility index (Phi) is 4.90. The predicted molar refractivity (Wildman–Crippen MR) is 92.1 cm³/mol. The molecular formula is C18H20ClNO5. The average molecular weight is 366 g/mol. The topological polar surface area (TPSA) is 84.9 Å². The highest BCUT2D eigenvalue weighted by Gasteiger charge is 2.46. The molecule has 1 spiro atoms. The molecule has 6 nitrogen and oxygen atoms in total. The lowest BCUT2D eigenvalue weighted by Crippen LogP contribution is -2.44. The Bertz CT molecular complexity index is 735. The van der Waals surface area contributed by atoms with Gasteiger partial charge in [0.05, 0.1) is 0 Å². The van der Waals surface area contributed by atoms with Crippen molar-refractivity contribution in [2.75, 3.05) is 5.32 Å². The van der Waals surface area contributed by atoms with Crippen LogP contribution in [0.3, 0.4) is 0 Å². The van der Waals surface area contributed by atoms with Crippen molar-refractivity contribution in [3.8, 4) is 0 Å². The van der Waals surface area contributed by atoms with Crippen LogP contribution in [0, 0.1) is 6.92 Å². The highest BCUT2D eigenvalue weighted by Crippen LogP contribution is 2.37. The maximum absolute atomic E-state index is 12.4. The SMILES string of the molecule is Cc1cc(Cl)ccc1NC(=O)C1=C(O)OC2(CCCCCC2)OC1=O. The van der Waals surface area contributed by atoms with Crippen molar-refractivity contribution in [3.05, 3.63) is 40.3 Å². The van der Waals surface area contributed by atoms with E-state index in [2.05, 4.69) is 5.32 Å². The molecule has 7 heteroatoms. The molecule has 0 atom stereocenters. The van der Waals surface area contributed by atoms with Crippen molar-refractivity contribution in [2.45, 2.75) is 51.2 Å². The van der Waals surface area contributed by atoms with E-state index in [-0.39, 0.29) is 0 Å². The zero-order chi connectivity index (χ0) is 18.0. The number of aryl methyl sites for hydroxylation is 1. The van der Waals surface area contributed by atoms with Gasteiger partial charge in [-0.05, 0) is 43.5 Å². The summed E-state index contributed by atoms with van der Waals surface area (Å²) in [5.74, 6) is -3.48. The first kappa shape index (κ1) is 17.6. The molecule has 1 amide bonds. The summed E-state index contributed by atoms with van der Waals surface area (Å²) in [5, 5.41) is 13.3. The smallest absolute Gasteiger partial charge is 0.354 e. The first-order chi connectivity index (χ1) is 11.9. The molecule has 0 bridgehead atoms. The minimum atomic E-state index is -1.16. The van der Waals surface area contributed by atoms with Crippen LogP contribution in [0.4, 0.5) is 5.69 Å². The van der Waals surface area contributed by atoms with Gasteiger partial charge in [-0.15, -0.1) is 0 Å². The summed E-state index contributed by atoms with van der Waals surface area (Å²) >= 11 is 5.89. The van der Waals surface area contributed by atoms with Gasteiger partial charge in [-0.2, -0.15) is 0 Å². The summed E-state index contributed by atoms with van der Waals surface area (Å²) in [6.07, 6.45) is 4.74. The van der Waals surface area contributed by atoms with E-state index >= 15 is 0 Å². The number of esters is 1. The van der Waals surface area contributed by atoms with Crippen molar-refractivity contribution >= 4 is 29.2 Å². The summed E-state index contributed by atoms with van der Waals surface area (Å²) in [4.78, 5) is 24.8. The number of rotatable bonds is 2. The van der Waals surface area contributed by atoms with Crippen LogP contribution in [0.5, 0.6) is 0 Å². The number of anilines is 1. The molecule has 1 aromatic rings. The molecule has 25 heavy (non-hydrogen) atoms. The number of aliphatic hydroxyl groups excluding tert-OH is 1. The summed E-state index contributed by atoms with van der Waals surface area (Å²) in [5.41, 5.74) is 0.688. The number of carbonyl (C=O) groups is 2. The third-order valence-corrected chi connectivity index (χ3v) is 4.74. The summed E-state index contributed by atoms with van der Waals surface area (Å²) in [6.45, 7) is 1.77. The van der Waals surface area contributed by atoms with Crippen LogP contribution in [-0.2, 0) is 19.1 Å². The van der Waals surface area contributed by atoms with Crippen LogP contribution in [0.2, 0.25) is 5.02 Å². The van der Waals surface area contributed by atoms with Crippen LogP contribution in [-0.4, -0.2) is 22.8 Å². The van der Waals surface area contributed by atoms with Crippen LogP contribution in [0.1, 0.15) is 44.1 Å². The van der Waals surface area contributed by atoms with Crippen LogP contribution < -0.4 is 5.32 Å². The fraction of sp³-hybridized carbons (Fsp3) is 0.444. The van der Waals surface area contributed by atoms with Crippen molar-refractivity contribution in [1.82, 2.24) is 0 Å². The molecule has 2 aliphatic rings. The van der Waals surface area contributed by atoms with Crippen molar-refractivity contribution in [1.29, 1.82) is 0 Å². The molecule has 0 aromatic heterocycles. The van der Waals surface area contributed by atoms with E-state index in [0.717, 1.165) is 31.2 Å². The van der Waals surface area contributed by atoms with Gasteiger partial charge in [-0.1, -0.05) is 24.4 Å². The summed E-state index contributed by atoms with van der Waals surface area (Å²) in [6, 6.07) is 4.92. The third kappa shape index (κ3) is 3.74. The van der Waals surface area contributed by atoms with Gasteiger partial charge < -0.3 is 19.9 Å². The number of amides is 1. The Morgan fingerprint density at radius 3 is 2.48 bits per heavy atom. The Balaban J connectivity index is 1.81. The molecule has 1 aliphatic carbocycles. The second-order valence-electron chi connectivity index (χ2n) is 6.41. The van der Waals surface area contributed by atoms with Crippen molar-refractivity contribution in [3.63, 3.8) is 0 Å². The van der Waals surface area contributed by atoms with E-state index in [9.17, 15) is 14.7 Å². The Hall–Kier alpha value is -2.21. The van der Waals surface area contributed by atoms with Gasteiger partial charge in [-0.25, -0.2) is 4.79 Å². The van der Waals surface area contributed by atoms with Gasteiger partial charge in [0.15, 0.2) is 0 Å². The van der Waals surface area contributed by atoms with E-state index in [4.69, 9.17) is 21.1 Å². The zero-order valence-electron chi connectivity index (χ0n) is 13.9. The fourth-order valence-electron chi connectivity index (χ4n) is 3.17. The van der Waals surface area contributed by atoms with Gasteiger partial charge in [0.25, 0.3) is 11.7 Å². The van der Waals surface area contributed by atoms with Crippen molar-refractivity contribution < 1.29 is 24.2 Å². The minimum absolute atomic E-state index is 0.484. The third-order valence-electron chi connectivity index (χ3n) is 4.51. The van der Waals surface area contributed by atoms with Crippen LogP contribution in [0.25, 0.3) is 0 Å². The normalized spacial score (nSPS) is 19.8. The molecule has 1 fully saturated rings. The summed E-state index contributed by atoms with van der Waals surface area (Å²) in [7, 11) is 0. The van der Waals surface area contributed by atoms with Gasteiger partial charge in [-0.3, -0.25) is 4.79 Å². The lowest BCUT2D eigenvalue weighted by molar-refractivity contribution is -0.243. The second-order valence-corrected chi connectivity index (χ2v) is 6.85. The molecule has 0 radical (unpaired) electrons. The summed E-state index contributed by atoms with van der Waals surface area (Å²) < 4.78 is 10.9. The highest BCUT2D eigenvalue weighted by molar-refractivity contribution is 6.30. The molecule has 3 rings (SSSR count). The van der Waals surface area contributed by atoms with Gasteiger partial charge in [0, 0.05) is 23.6 Å². The maximum Gasteiger partial charge on any atom is 0.354 e. The molecule has 0 unspecified atom stereocenters. The number of carbonyl (C=O) groups excluding carboxylic acids is 2. The van der Waals surface area contributed by atoms with E-state index in [1.165, 1.54) is 0 Å². The first-order valence-electron chi connectivity index (χ1n) is 8.33. The van der Waals surface area contributed by atoms with E-state index in [0.29, 0.717) is 23.6 Å². The number of halogens is 1. The van der Waals surface area contributed by atoms with Gasteiger partial charge in [0.2, 0.25) is 5.57 Å². The Labute approximate surface area is 150 Å². The highest BCUT2D eigenvalue weighted by atomic mass is 35.5. The number of hydrogen-bond acceptors (Lipinski definition) is 5. The van der Waals surface area contributed by atoms with Crippen LogP contribution in [0.15, 0.2) is 29.7 Å². The largest absolute Gasteiger partial charge is 0.480 e. The predicted octanol–water partition coefficient (Wildman–Crippen LogP) is 3.98. The molecule has 134 valence electrons. The van der Waals surface area contributed by atoms with E-state index in [1.807, 2.05) is 0 Å².